The number of hydrogen-bond donors (Lipinski definition) is 2. The van der Waals surface area contributed by atoms with Crippen molar-refractivity contribution in [1.29, 1.82) is 0 Å². The minimum Gasteiger partial charge on any atom is -0.395 e. The molecule has 1 atom stereocenters. The van der Waals surface area contributed by atoms with E-state index in [2.05, 4.69) is 10.5 Å². The molecule has 1 unspecified atom stereocenters. The molecule has 0 bridgehead atoms. The quantitative estimate of drug-likeness (QED) is 0.861. The topological polar surface area (TPSA) is 78.6 Å². The lowest BCUT2D eigenvalue weighted by Gasteiger charge is -2.30. The molecule has 0 aromatic carbocycles. The van der Waals surface area contributed by atoms with E-state index in [1.165, 1.54) is 0 Å². The zero-order valence-corrected chi connectivity index (χ0v) is 12.9. The van der Waals surface area contributed by atoms with Gasteiger partial charge in [-0.15, -0.1) is 0 Å². The fourth-order valence-corrected chi connectivity index (χ4v) is 3.12. The molecule has 112 valence electrons. The van der Waals surface area contributed by atoms with Crippen LogP contribution in [0, 0.1) is 0 Å². The summed E-state index contributed by atoms with van der Waals surface area (Å²) in [6, 6.07) is 1.53. The van der Waals surface area contributed by atoms with Crippen LogP contribution in [-0.2, 0) is 10.2 Å². The van der Waals surface area contributed by atoms with E-state index in [-0.39, 0.29) is 18.6 Å². The van der Waals surface area contributed by atoms with Crippen molar-refractivity contribution in [1.82, 2.24) is 10.1 Å². The van der Waals surface area contributed by atoms with Crippen LogP contribution in [0.25, 0.3) is 0 Å². The van der Waals surface area contributed by atoms with Crippen LogP contribution in [0.15, 0.2) is 10.6 Å². The van der Waals surface area contributed by atoms with Crippen molar-refractivity contribution in [3.05, 3.63) is 11.8 Å². The molecule has 1 aliphatic heterocycles. The number of nitrogens with zero attached hydrogens (tertiary/aromatic N) is 2. The number of hydrogen-bond acceptors (Lipinski definition) is 6. The lowest BCUT2D eigenvalue weighted by Crippen LogP contribution is -2.47. The van der Waals surface area contributed by atoms with Crippen LogP contribution >= 0.6 is 11.8 Å². The highest BCUT2D eigenvalue weighted by atomic mass is 32.2. The van der Waals surface area contributed by atoms with Gasteiger partial charge in [-0.1, -0.05) is 19.0 Å². The first kappa shape index (κ1) is 15.3. The van der Waals surface area contributed by atoms with E-state index in [0.717, 1.165) is 18.1 Å². The minimum absolute atomic E-state index is 0.0441. The molecule has 0 radical (unpaired) electrons. The minimum atomic E-state index is -0.506. The van der Waals surface area contributed by atoms with Crippen LogP contribution in [0.5, 0.6) is 0 Å². The lowest BCUT2D eigenvalue weighted by molar-refractivity contribution is -0.120. The molecule has 1 aromatic heterocycles. The largest absolute Gasteiger partial charge is 0.395 e. The Hall–Kier alpha value is -1.05. The van der Waals surface area contributed by atoms with E-state index in [1.54, 1.807) is 17.8 Å². The predicted molar refractivity (Wildman–Crippen MR) is 79.0 cm³/mol. The van der Waals surface area contributed by atoms with Gasteiger partial charge in [0.05, 0.1) is 12.6 Å². The fraction of sp³-hybridized carbons (Fsp3) is 0.692. The summed E-state index contributed by atoms with van der Waals surface area (Å²) < 4.78 is 5.19. The number of carbonyl (C=O) groups excluding carboxylic acids is 1. The maximum Gasteiger partial charge on any atom is 0.243 e. The van der Waals surface area contributed by atoms with Gasteiger partial charge in [-0.25, -0.2) is 0 Å². The molecule has 6 nitrogen and oxygen atoms in total. The van der Waals surface area contributed by atoms with Gasteiger partial charge in [-0.05, 0) is 7.05 Å². The van der Waals surface area contributed by atoms with Crippen molar-refractivity contribution in [3.8, 4) is 0 Å². The van der Waals surface area contributed by atoms with Crippen LogP contribution in [0.3, 0.4) is 0 Å². The molecule has 0 aliphatic carbocycles. The van der Waals surface area contributed by atoms with Gasteiger partial charge in [-0.3, -0.25) is 9.69 Å². The Morgan fingerprint density at radius 2 is 2.45 bits per heavy atom. The van der Waals surface area contributed by atoms with Crippen LogP contribution in [0.4, 0.5) is 5.82 Å². The van der Waals surface area contributed by atoms with E-state index in [1.807, 2.05) is 25.8 Å². The molecule has 1 amide bonds. The number of anilines is 1. The lowest BCUT2D eigenvalue weighted by atomic mass is 9.92. The number of aliphatic hydroxyl groups excluding tert-OH is 1. The van der Waals surface area contributed by atoms with Crippen LogP contribution < -0.4 is 5.32 Å². The average molecular weight is 299 g/mol. The summed E-state index contributed by atoms with van der Waals surface area (Å²) in [4.78, 5) is 14.3. The molecule has 7 heteroatoms. The Morgan fingerprint density at radius 3 is 3.10 bits per heavy atom. The second-order valence-corrected chi connectivity index (χ2v) is 6.83. The second kappa shape index (κ2) is 6.15. The van der Waals surface area contributed by atoms with Crippen LogP contribution in [0.1, 0.15) is 19.6 Å². The molecule has 0 saturated carbocycles. The zero-order chi connectivity index (χ0) is 14.8. The summed E-state index contributed by atoms with van der Waals surface area (Å²) in [5, 5.41) is 15.9. The first-order valence-corrected chi connectivity index (χ1v) is 7.76. The maximum absolute atomic E-state index is 12.2. The third kappa shape index (κ3) is 3.34. The number of rotatable bonds is 4. The smallest absolute Gasteiger partial charge is 0.243 e. The standard InChI is InChI=1S/C13H21N3O3S/c1-13(2,8-17)10-6-11(15-19-10)14-12(18)9-7-20-5-4-16(9)3/h6,9,17H,4-5,7-8H2,1-3H3,(H,14,15,18). The number of thioether (sulfide) groups is 1. The van der Waals surface area contributed by atoms with Crippen molar-refractivity contribution >= 4 is 23.5 Å². The summed E-state index contributed by atoms with van der Waals surface area (Å²) in [6.45, 7) is 4.57. The summed E-state index contributed by atoms with van der Waals surface area (Å²) in [5.41, 5.74) is -0.506. The molecular formula is C13H21N3O3S. The van der Waals surface area contributed by atoms with Gasteiger partial charge in [0, 0.05) is 29.5 Å². The first-order valence-electron chi connectivity index (χ1n) is 6.61. The highest BCUT2D eigenvalue weighted by molar-refractivity contribution is 7.99. The van der Waals surface area contributed by atoms with Crippen molar-refractivity contribution in [2.24, 2.45) is 0 Å². The fourth-order valence-electron chi connectivity index (χ4n) is 1.90. The average Bonchev–Trinajstić information content (AvgIpc) is 2.88. The SMILES string of the molecule is CN1CCSCC1C(=O)Nc1cc(C(C)(C)CO)on1. The Morgan fingerprint density at radius 1 is 1.70 bits per heavy atom. The summed E-state index contributed by atoms with van der Waals surface area (Å²) >= 11 is 1.78. The van der Waals surface area contributed by atoms with Crippen molar-refractivity contribution in [2.45, 2.75) is 25.3 Å². The monoisotopic (exact) mass is 299 g/mol. The third-order valence-corrected chi connectivity index (χ3v) is 4.55. The van der Waals surface area contributed by atoms with Gasteiger partial charge < -0.3 is 14.9 Å². The van der Waals surface area contributed by atoms with E-state index >= 15 is 0 Å². The zero-order valence-electron chi connectivity index (χ0n) is 12.0. The van der Waals surface area contributed by atoms with Crippen molar-refractivity contribution < 1.29 is 14.4 Å². The number of carbonyl (C=O) groups is 1. The van der Waals surface area contributed by atoms with E-state index in [9.17, 15) is 9.90 Å². The summed E-state index contributed by atoms with van der Waals surface area (Å²) in [6.07, 6.45) is 0. The number of aliphatic hydroxyl groups is 1. The Labute approximate surface area is 122 Å². The van der Waals surface area contributed by atoms with Gasteiger partial charge in [0.2, 0.25) is 5.91 Å². The summed E-state index contributed by atoms with van der Waals surface area (Å²) in [7, 11) is 1.95. The van der Waals surface area contributed by atoms with Gasteiger partial charge >= 0.3 is 0 Å². The van der Waals surface area contributed by atoms with Crippen LogP contribution in [0.2, 0.25) is 0 Å². The Kier molecular flexibility index (Phi) is 4.72. The summed E-state index contributed by atoms with van der Waals surface area (Å²) in [5.74, 6) is 2.73. The van der Waals surface area contributed by atoms with Crippen molar-refractivity contribution in [3.63, 3.8) is 0 Å². The molecule has 2 rings (SSSR count). The molecule has 1 aromatic rings. The van der Waals surface area contributed by atoms with Crippen LogP contribution in [-0.4, -0.2) is 58.8 Å². The van der Waals surface area contributed by atoms with Gasteiger partial charge in [0.1, 0.15) is 5.76 Å². The highest BCUT2D eigenvalue weighted by Crippen LogP contribution is 2.25. The molecule has 2 heterocycles. The third-order valence-electron chi connectivity index (χ3n) is 3.52. The molecule has 1 fully saturated rings. The van der Waals surface area contributed by atoms with E-state index in [4.69, 9.17) is 4.52 Å². The van der Waals surface area contributed by atoms with Gasteiger partial charge in [0.25, 0.3) is 0 Å². The van der Waals surface area contributed by atoms with Crippen molar-refractivity contribution in [2.75, 3.05) is 37.0 Å². The van der Waals surface area contributed by atoms with E-state index < -0.39 is 5.41 Å². The van der Waals surface area contributed by atoms with Gasteiger partial charge in [0.15, 0.2) is 5.82 Å². The molecule has 0 spiro atoms. The Bertz CT molecular complexity index is 475. The molecule has 20 heavy (non-hydrogen) atoms. The molecular weight excluding hydrogens is 278 g/mol. The molecule has 2 N–H and O–H groups in total. The Balaban J connectivity index is 2.01. The molecule has 1 saturated heterocycles. The highest BCUT2D eigenvalue weighted by Gasteiger charge is 2.28. The second-order valence-electron chi connectivity index (χ2n) is 5.68. The maximum atomic E-state index is 12.2. The number of likely N-dealkylation sites (N-methyl/N-ethyl adjacent to an activating group) is 1. The van der Waals surface area contributed by atoms with Gasteiger partial charge in [-0.2, -0.15) is 11.8 Å². The van der Waals surface area contributed by atoms with E-state index in [0.29, 0.717) is 11.6 Å². The molecule has 1 aliphatic rings. The first-order chi connectivity index (χ1) is 9.44. The number of aromatic nitrogens is 1. The predicted octanol–water partition coefficient (Wildman–Crippen LogP) is 0.930. The normalized spacial score (nSPS) is 20.9. The number of nitrogens with one attached hydrogen (secondary N) is 1. The number of amides is 1.